The third-order valence-corrected chi connectivity index (χ3v) is 4.42. The van der Waals surface area contributed by atoms with Gasteiger partial charge in [0.25, 0.3) is 0 Å². The van der Waals surface area contributed by atoms with Crippen LogP contribution in [0.1, 0.15) is 39.0 Å². The monoisotopic (exact) mass is 239 g/mol. The van der Waals surface area contributed by atoms with Crippen molar-refractivity contribution < 1.29 is 0 Å². The normalized spacial score (nSPS) is 33.5. The molecule has 17 heavy (non-hydrogen) atoms. The number of hydrogen-bond acceptors (Lipinski definition) is 3. The standard InChI is InChI=1S/C14H29N3/c1-3-15-13-7-4-5-8-14(13)17-10-6-9-16(2)11-12-17/h13-15H,3-12H2,1-2H3. The summed E-state index contributed by atoms with van der Waals surface area (Å²) in [6, 6.07) is 1.55. The van der Waals surface area contributed by atoms with Gasteiger partial charge in [-0.3, -0.25) is 4.90 Å². The van der Waals surface area contributed by atoms with E-state index < -0.39 is 0 Å². The van der Waals surface area contributed by atoms with Gasteiger partial charge in [0.1, 0.15) is 0 Å². The fourth-order valence-corrected chi connectivity index (χ4v) is 3.45. The van der Waals surface area contributed by atoms with Crippen LogP contribution in [0.5, 0.6) is 0 Å². The summed E-state index contributed by atoms with van der Waals surface area (Å²) in [5, 5.41) is 3.71. The van der Waals surface area contributed by atoms with Crippen LogP contribution in [0.25, 0.3) is 0 Å². The van der Waals surface area contributed by atoms with Gasteiger partial charge in [0, 0.05) is 25.2 Å². The Morgan fingerprint density at radius 1 is 1.00 bits per heavy atom. The maximum atomic E-state index is 3.71. The Morgan fingerprint density at radius 2 is 1.82 bits per heavy atom. The highest BCUT2D eigenvalue weighted by Crippen LogP contribution is 2.24. The molecule has 100 valence electrons. The van der Waals surface area contributed by atoms with E-state index in [1.807, 2.05) is 0 Å². The lowest BCUT2D eigenvalue weighted by molar-refractivity contribution is 0.127. The summed E-state index contributed by atoms with van der Waals surface area (Å²) in [7, 11) is 2.26. The summed E-state index contributed by atoms with van der Waals surface area (Å²) < 4.78 is 0. The lowest BCUT2D eigenvalue weighted by Crippen LogP contribution is -2.52. The molecule has 2 rings (SSSR count). The van der Waals surface area contributed by atoms with Gasteiger partial charge in [0.15, 0.2) is 0 Å². The zero-order chi connectivity index (χ0) is 12.1. The number of rotatable bonds is 3. The Balaban J connectivity index is 1.92. The minimum Gasteiger partial charge on any atom is -0.313 e. The Bertz CT molecular complexity index is 218. The van der Waals surface area contributed by atoms with Gasteiger partial charge in [0.2, 0.25) is 0 Å². The second kappa shape index (κ2) is 6.72. The summed E-state index contributed by atoms with van der Waals surface area (Å²) in [6.45, 7) is 8.45. The van der Waals surface area contributed by atoms with Gasteiger partial charge >= 0.3 is 0 Å². The first-order chi connectivity index (χ1) is 8.31. The fourth-order valence-electron chi connectivity index (χ4n) is 3.45. The maximum Gasteiger partial charge on any atom is 0.0249 e. The quantitative estimate of drug-likeness (QED) is 0.806. The largest absolute Gasteiger partial charge is 0.313 e. The molecule has 1 N–H and O–H groups in total. The Morgan fingerprint density at radius 3 is 2.65 bits per heavy atom. The van der Waals surface area contributed by atoms with E-state index in [4.69, 9.17) is 0 Å². The second-order valence-corrected chi connectivity index (χ2v) is 5.71. The van der Waals surface area contributed by atoms with Gasteiger partial charge in [-0.15, -0.1) is 0 Å². The van der Waals surface area contributed by atoms with Gasteiger partial charge in [-0.1, -0.05) is 19.8 Å². The lowest BCUT2D eigenvalue weighted by Gasteiger charge is -2.40. The van der Waals surface area contributed by atoms with Gasteiger partial charge in [-0.05, 0) is 45.9 Å². The van der Waals surface area contributed by atoms with E-state index in [9.17, 15) is 0 Å². The Hall–Kier alpha value is -0.120. The van der Waals surface area contributed by atoms with Crippen LogP contribution in [-0.2, 0) is 0 Å². The SMILES string of the molecule is CCNC1CCCCC1N1CCCN(C)CC1. The van der Waals surface area contributed by atoms with Crippen molar-refractivity contribution >= 4 is 0 Å². The lowest BCUT2D eigenvalue weighted by atomic mass is 9.89. The molecule has 2 atom stereocenters. The van der Waals surface area contributed by atoms with E-state index in [-0.39, 0.29) is 0 Å². The average molecular weight is 239 g/mol. The Kier molecular flexibility index (Phi) is 5.26. The van der Waals surface area contributed by atoms with E-state index in [1.165, 1.54) is 58.3 Å². The highest BCUT2D eigenvalue weighted by Gasteiger charge is 2.30. The van der Waals surface area contributed by atoms with Gasteiger partial charge in [-0.2, -0.15) is 0 Å². The van der Waals surface area contributed by atoms with E-state index in [2.05, 4.69) is 29.1 Å². The van der Waals surface area contributed by atoms with E-state index >= 15 is 0 Å². The molecular formula is C14H29N3. The predicted molar refractivity (Wildman–Crippen MR) is 73.4 cm³/mol. The number of hydrogen-bond donors (Lipinski definition) is 1. The summed E-state index contributed by atoms with van der Waals surface area (Å²) in [4.78, 5) is 5.24. The van der Waals surface area contributed by atoms with Crippen molar-refractivity contribution in [3.8, 4) is 0 Å². The molecule has 0 aromatic rings. The number of nitrogens with one attached hydrogen (secondary N) is 1. The molecule has 1 aliphatic carbocycles. The molecule has 0 bridgehead atoms. The first-order valence-corrected chi connectivity index (χ1v) is 7.47. The Labute approximate surface area is 107 Å². The van der Waals surface area contributed by atoms with Crippen molar-refractivity contribution in [1.82, 2.24) is 15.1 Å². The molecule has 0 spiro atoms. The van der Waals surface area contributed by atoms with Crippen LogP contribution >= 0.6 is 0 Å². The summed E-state index contributed by atoms with van der Waals surface area (Å²) in [5.41, 5.74) is 0. The van der Waals surface area contributed by atoms with Crippen molar-refractivity contribution in [2.45, 2.75) is 51.1 Å². The molecule has 1 aliphatic heterocycles. The van der Waals surface area contributed by atoms with E-state index in [0.29, 0.717) is 0 Å². The molecule has 3 heteroatoms. The minimum absolute atomic E-state index is 0.747. The number of likely N-dealkylation sites (N-methyl/N-ethyl adjacent to an activating group) is 2. The maximum absolute atomic E-state index is 3.71. The summed E-state index contributed by atoms with van der Waals surface area (Å²) in [6.07, 6.45) is 6.97. The summed E-state index contributed by atoms with van der Waals surface area (Å²) >= 11 is 0. The van der Waals surface area contributed by atoms with E-state index in [1.54, 1.807) is 0 Å². The van der Waals surface area contributed by atoms with Crippen molar-refractivity contribution in [2.24, 2.45) is 0 Å². The van der Waals surface area contributed by atoms with Crippen LogP contribution in [0.3, 0.4) is 0 Å². The fraction of sp³-hybridized carbons (Fsp3) is 1.00. The average Bonchev–Trinajstić information content (AvgIpc) is 2.55. The minimum atomic E-state index is 0.747. The molecule has 3 nitrogen and oxygen atoms in total. The zero-order valence-electron chi connectivity index (χ0n) is 11.6. The smallest absolute Gasteiger partial charge is 0.0249 e. The van der Waals surface area contributed by atoms with Crippen LogP contribution in [0, 0.1) is 0 Å². The topological polar surface area (TPSA) is 18.5 Å². The number of nitrogens with zero attached hydrogens (tertiary/aromatic N) is 2. The van der Waals surface area contributed by atoms with Crippen molar-refractivity contribution in [3.05, 3.63) is 0 Å². The van der Waals surface area contributed by atoms with Crippen molar-refractivity contribution in [3.63, 3.8) is 0 Å². The molecule has 2 unspecified atom stereocenters. The van der Waals surface area contributed by atoms with Crippen LogP contribution in [0.15, 0.2) is 0 Å². The third kappa shape index (κ3) is 3.67. The van der Waals surface area contributed by atoms with Crippen molar-refractivity contribution in [2.75, 3.05) is 39.8 Å². The molecule has 0 radical (unpaired) electrons. The zero-order valence-corrected chi connectivity index (χ0v) is 11.6. The molecule has 0 aromatic heterocycles. The molecule has 2 fully saturated rings. The molecule has 1 saturated carbocycles. The molecule has 0 amide bonds. The predicted octanol–water partition coefficient (Wildman–Crippen LogP) is 1.54. The van der Waals surface area contributed by atoms with Crippen molar-refractivity contribution in [1.29, 1.82) is 0 Å². The molecular weight excluding hydrogens is 210 g/mol. The highest BCUT2D eigenvalue weighted by molar-refractivity contribution is 4.89. The van der Waals surface area contributed by atoms with Gasteiger partial charge in [-0.25, -0.2) is 0 Å². The second-order valence-electron chi connectivity index (χ2n) is 5.71. The first-order valence-electron chi connectivity index (χ1n) is 7.47. The van der Waals surface area contributed by atoms with Gasteiger partial charge < -0.3 is 10.2 Å². The highest BCUT2D eigenvalue weighted by atomic mass is 15.2. The van der Waals surface area contributed by atoms with Crippen LogP contribution < -0.4 is 5.32 Å². The van der Waals surface area contributed by atoms with Crippen LogP contribution in [0.2, 0.25) is 0 Å². The summed E-state index contributed by atoms with van der Waals surface area (Å²) in [5.74, 6) is 0. The first kappa shape index (κ1) is 13.3. The van der Waals surface area contributed by atoms with Gasteiger partial charge in [0.05, 0.1) is 0 Å². The third-order valence-electron chi connectivity index (χ3n) is 4.42. The van der Waals surface area contributed by atoms with Crippen LogP contribution in [-0.4, -0.2) is 61.7 Å². The van der Waals surface area contributed by atoms with Crippen LogP contribution in [0.4, 0.5) is 0 Å². The molecule has 1 heterocycles. The van der Waals surface area contributed by atoms with E-state index in [0.717, 1.165) is 18.6 Å². The molecule has 2 aliphatic rings. The molecule has 0 aromatic carbocycles. The molecule has 1 saturated heterocycles.